The van der Waals surface area contributed by atoms with Crippen molar-refractivity contribution in [1.82, 2.24) is 5.32 Å². The van der Waals surface area contributed by atoms with Crippen molar-refractivity contribution >= 4 is 29.1 Å². The summed E-state index contributed by atoms with van der Waals surface area (Å²) in [5.74, 6) is 0.144. The first-order chi connectivity index (χ1) is 14.7. The molecule has 5 heteroatoms. The van der Waals surface area contributed by atoms with Gasteiger partial charge in [-0.3, -0.25) is 4.79 Å². The van der Waals surface area contributed by atoms with Crippen molar-refractivity contribution < 1.29 is 9.90 Å². The van der Waals surface area contributed by atoms with Crippen molar-refractivity contribution in [2.75, 3.05) is 6.61 Å². The summed E-state index contributed by atoms with van der Waals surface area (Å²) in [7, 11) is 0. The lowest BCUT2D eigenvalue weighted by molar-refractivity contribution is -0.132. The molecule has 2 aromatic rings. The van der Waals surface area contributed by atoms with E-state index in [1.165, 1.54) is 0 Å². The van der Waals surface area contributed by atoms with Crippen LogP contribution in [0.1, 0.15) is 50.7 Å². The molecule has 168 valence electrons. The number of carbonyl (C=O) groups is 1. The second-order valence-electron chi connectivity index (χ2n) is 8.85. The largest absolute Gasteiger partial charge is 0.394 e. The first-order valence-corrected chi connectivity index (χ1v) is 11.5. The molecular formula is C26H33Cl2NO2. The van der Waals surface area contributed by atoms with Gasteiger partial charge in [0, 0.05) is 10.0 Å². The van der Waals surface area contributed by atoms with E-state index in [4.69, 9.17) is 23.2 Å². The van der Waals surface area contributed by atoms with Crippen molar-refractivity contribution in [2.45, 2.75) is 52.0 Å². The Kier molecular flexibility index (Phi) is 9.61. The second-order valence-corrected chi connectivity index (χ2v) is 9.72. The highest BCUT2D eigenvalue weighted by molar-refractivity contribution is 6.30. The van der Waals surface area contributed by atoms with Crippen LogP contribution in [0.2, 0.25) is 10.0 Å². The van der Waals surface area contributed by atoms with Gasteiger partial charge in [-0.1, -0.05) is 74.3 Å². The molecule has 0 aliphatic heterocycles. The van der Waals surface area contributed by atoms with E-state index in [1.807, 2.05) is 63.2 Å². The van der Waals surface area contributed by atoms with Gasteiger partial charge in [0.2, 0.25) is 5.91 Å². The summed E-state index contributed by atoms with van der Waals surface area (Å²) in [4.78, 5) is 13.3. The van der Waals surface area contributed by atoms with Gasteiger partial charge in [0.1, 0.15) is 0 Å². The first-order valence-electron chi connectivity index (χ1n) is 10.7. The third-order valence-electron chi connectivity index (χ3n) is 5.87. The summed E-state index contributed by atoms with van der Waals surface area (Å²) < 4.78 is 0. The summed E-state index contributed by atoms with van der Waals surface area (Å²) >= 11 is 12.4. The Morgan fingerprint density at radius 1 is 1.16 bits per heavy atom. The van der Waals surface area contributed by atoms with Crippen LogP contribution in [0, 0.1) is 11.3 Å². The summed E-state index contributed by atoms with van der Waals surface area (Å²) in [6, 6.07) is 15.4. The van der Waals surface area contributed by atoms with Gasteiger partial charge in [-0.25, -0.2) is 0 Å². The molecule has 1 amide bonds. The fourth-order valence-corrected chi connectivity index (χ4v) is 4.19. The topological polar surface area (TPSA) is 49.3 Å². The molecule has 3 nitrogen and oxygen atoms in total. The third kappa shape index (κ3) is 7.38. The lowest BCUT2D eigenvalue weighted by atomic mass is 9.73. The Hall–Kier alpha value is -1.81. The second kappa shape index (κ2) is 11.7. The third-order valence-corrected chi connectivity index (χ3v) is 6.36. The maximum Gasteiger partial charge on any atom is 0.226 e. The van der Waals surface area contributed by atoms with E-state index >= 15 is 0 Å². The van der Waals surface area contributed by atoms with Gasteiger partial charge < -0.3 is 10.4 Å². The van der Waals surface area contributed by atoms with Gasteiger partial charge in [-0.05, 0) is 66.5 Å². The van der Waals surface area contributed by atoms with Crippen LogP contribution in [0.4, 0.5) is 0 Å². The van der Waals surface area contributed by atoms with Crippen LogP contribution in [0.3, 0.4) is 0 Å². The average Bonchev–Trinajstić information content (AvgIpc) is 2.72. The van der Waals surface area contributed by atoms with Crippen molar-refractivity contribution in [3.8, 4) is 0 Å². The quantitative estimate of drug-likeness (QED) is 0.379. The molecule has 0 heterocycles. The molecule has 2 aromatic carbocycles. The van der Waals surface area contributed by atoms with Crippen molar-refractivity contribution in [3.63, 3.8) is 0 Å². The van der Waals surface area contributed by atoms with E-state index < -0.39 is 5.41 Å². The first kappa shape index (κ1) is 25.5. The molecule has 0 aromatic heterocycles. The summed E-state index contributed by atoms with van der Waals surface area (Å²) in [6.07, 6.45) is 3.70. The smallest absolute Gasteiger partial charge is 0.226 e. The van der Waals surface area contributed by atoms with E-state index in [0.29, 0.717) is 22.9 Å². The Labute approximate surface area is 196 Å². The molecule has 3 atom stereocenters. The minimum absolute atomic E-state index is 0.0664. The molecular weight excluding hydrogens is 429 g/mol. The SMILES string of the molecule is C=CCC(C)(C[C@@H](Cc1ccc(Cl)cc1)c1cccc(Cl)c1)C(=O)NC(CO)C(C)C. The van der Waals surface area contributed by atoms with Crippen LogP contribution in [-0.4, -0.2) is 23.7 Å². The lowest BCUT2D eigenvalue weighted by Gasteiger charge is -2.34. The predicted molar refractivity (Wildman–Crippen MR) is 131 cm³/mol. The number of aliphatic hydroxyl groups excluding tert-OH is 1. The van der Waals surface area contributed by atoms with Gasteiger partial charge in [-0.15, -0.1) is 6.58 Å². The Balaban J connectivity index is 2.36. The number of rotatable bonds is 11. The lowest BCUT2D eigenvalue weighted by Crippen LogP contribution is -2.48. The predicted octanol–water partition coefficient (Wildman–Crippen LogP) is 6.43. The molecule has 2 unspecified atom stereocenters. The zero-order chi connectivity index (χ0) is 23.0. The molecule has 0 radical (unpaired) electrons. The number of aliphatic hydroxyl groups is 1. The fourth-order valence-electron chi connectivity index (χ4n) is 3.87. The Morgan fingerprint density at radius 2 is 1.84 bits per heavy atom. The van der Waals surface area contributed by atoms with Crippen molar-refractivity contribution in [2.24, 2.45) is 11.3 Å². The van der Waals surface area contributed by atoms with Gasteiger partial charge in [0.15, 0.2) is 0 Å². The van der Waals surface area contributed by atoms with E-state index in [2.05, 4.69) is 18.0 Å². The number of amides is 1. The van der Waals surface area contributed by atoms with Gasteiger partial charge in [0.25, 0.3) is 0 Å². The van der Waals surface area contributed by atoms with Crippen LogP contribution in [0.15, 0.2) is 61.2 Å². The number of hydrogen-bond acceptors (Lipinski definition) is 2. The van der Waals surface area contributed by atoms with Crippen molar-refractivity contribution in [1.29, 1.82) is 0 Å². The zero-order valence-corrected chi connectivity index (χ0v) is 20.1. The molecule has 0 bridgehead atoms. The van der Waals surface area contributed by atoms with Gasteiger partial charge in [0.05, 0.1) is 18.1 Å². The monoisotopic (exact) mass is 461 g/mol. The molecule has 0 fully saturated rings. The highest BCUT2D eigenvalue weighted by Crippen LogP contribution is 2.38. The zero-order valence-electron chi connectivity index (χ0n) is 18.6. The molecule has 0 saturated heterocycles. The molecule has 0 saturated carbocycles. The number of halogens is 2. The van der Waals surface area contributed by atoms with Crippen molar-refractivity contribution in [3.05, 3.63) is 82.4 Å². The standard InChI is InChI=1S/C26H33Cl2NO2/c1-5-13-26(4,25(31)29-24(17-30)18(2)3)16-21(20-7-6-8-23(28)15-20)14-19-9-11-22(27)12-10-19/h5-12,15,18,21,24,30H,1,13-14,16-17H2,2-4H3,(H,29,31)/t21-,24?,26?/m1/s1. The molecule has 0 spiro atoms. The number of benzene rings is 2. The van der Waals surface area contributed by atoms with Crippen LogP contribution >= 0.6 is 23.2 Å². The van der Waals surface area contributed by atoms with E-state index in [-0.39, 0.29) is 30.4 Å². The Morgan fingerprint density at radius 3 is 2.39 bits per heavy atom. The number of nitrogens with one attached hydrogen (secondary N) is 1. The van der Waals surface area contributed by atoms with Crippen LogP contribution in [-0.2, 0) is 11.2 Å². The summed E-state index contributed by atoms with van der Waals surface area (Å²) in [5, 5.41) is 14.1. The normalized spacial score (nSPS) is 15.2. The van der Waals surface area contributed by atoms with Crippen LogP contribution < -0.4 is 5.32 Å². The highest BCUT2D eigenvalue weighted by atomic mass is 35.5. The highest BCUT2D eigenvalue weighted by Gasteiger charge is 2.36. The molecule has 0 aliphatic rings. The minimum Gasteiger partial charge on any atom is -0.394 e. The number of hydrogen-bond donors (Lipinski definition) is 2. The van der Waals surface area contributed by atoms with Crippen LogP contribution in [0.25, 0.3) is 0 Å². The molecule has 2 N–H and O–H groups in total. The van der Waals surface area contributed by atoms with E-state index in [1.54, 1.807) is 6.08 Å². The van der Waals surface area contributed by atoms with E-state index in [9.17, 15) is 9.90 Å². The number of allylic oxidation sites excluding steroid dienone is 1. The molecule has 2 rings (SSSR count). The fraction of sp³-hybridized carbons (Fsp3) is 0.423. The number of carbonyl (C=O) groups excluding carboxylic acids is 1. The van der Waals surface area contributed by atoms with Crippen LogP contribution in [0.5, 0.6) is 0 Å². The molecule has 31 heavy (non-hydrogen) atoms. The maximum atomic E-state index is 13.3. The van der Waals surface area contributed by atoms with E-state index in [0.717, 1.165) is 17.5 Å². The summed E-state index contributed by atoms with van der Waals surface area (Å²) in [6.45, 7) is 9.74. The van der Waals surface area contributed by atoms with Gasteiger partial charge >= 0.3 is 0 Å². The summed E-state index contributed by atoms with van der Waals surface area (Å²) in [5.41, 5.74) is 1.56. The minimum atomic E-state index is -0.677. The maximum absolute atomic E-state index is 13.3. The van der Waals surface area contributed by atoms with Gasteiger partial charge in [-0.2, -0.15) is 0 Å². The molecule has 0 aliphatic carbocycles. The average molecular weight is 462 g/mol. The Bertz CT molecular complexity index is 866.